The lowest BCUT2D eigenvalue weighted by molar-refractivity contribution is -0.141. The summed E-state index contributed by atoms with van der Waals surface area (Å²) < 4.78 is 38.5. The lowest BCUT2D eigenvalue weighted by Gasteiger charge is -2.19. The topological polar surface area (TPSA) is 123 Å². The Morgan fingerprint density at radius 1 is 1.18 bits per heavy atom. The van der Waals surface area contributed by atoms with Gasteiger partial charge in [0.05, 0.1) is 29.5 Å². The number of nitrogens with zero attached hydrogens (tertiary/aromatic N) is 3. The van der Waals surface area contributed by atoms with E-state index >= 15 is 0 Å². The van der Waals surface area contributed by atoms with Crippen molar-refractivity contribution in [3.8, 4) is 0 Å². The van der Waals surface area contributed by atoms with Gasteiger partial charge in [0, 0.05) is 6.20 Å². The molecule has 3 rings (SSSR count). The molecule has 2 heterocycles. The standard InChI is InChI=1S/C17H17F3N6O2/c1-8-5-23-12(7-22-8)15(27)26-14(9-2-3-9)16(28)25-11-4-13(17(18,19)20)24-6-10(11)21/h4-7,9,14H,2-3,21H2,1H3,(H,26,27)(H,24,25,28)/t14-/m0/s1. The first-order valence-corrected chi connectivity index (χ1v) is 8.38. The Morgan fingerprint density at radius 2 is 1.89 bits per heavy atom. The van der Waals surface area contributed by atoms with Gasteiger partial charge in [-0.3, -0.25) is 14.6 Å². The first-order valence-electron chi connectivity index (χ1n) is 8.38. The molecule has 0 unspecified atom stereocenters. The van der Waals surface area contributed by atoms with E-state index in [0.29, 0.717) is 24.6 Å². The van der Waals surface area contributed by atoms with Crippen LogP contribution in [0.25, 0.3) is 0 Å². The normalized spacial score (nSPS) is 15.0. The number of pyridine rings is 1. The molecule has 8 nitrogen and oxygen atoms in total. The molecule has 1 saturated carbocycles. The molecule has 2 amide bonds. The van der Waals surface area contributed by atoms with Crippen LogP contribution in [-0.4, -0.2) is 32.8 Å². The Morgan fingerprint density at radius 3 is 2.46 bits per heavy atom. The predicted molar refractivity (Wildman–Crippen MR) is 93.0 cm³/mol. The van der Waals surface area contributed by atoms with E-state index in [0.717, 1.165) is 6.20 Å². The molecular formula is C17H17F3N6O2. The zero-order valence-electron chi connectivity index (χ0n) is 14.7. The molecule has 1 atom stereocenters. The molecule has 1 aliphatic rings. The van der Waals surface area contributed by atoms with Gasteiger partial charge in [-0.15, -0.1) is 0 Å². The molecule has 2 aromatic rings. The first-order chi connectivity index (χ1) is 13.1. The van der Waals surface area contributed by atoms with Crippen LogP contribution >= 0.6 is 0 Å². The Labute approximate surface area is 157 Å². The van der Waals surface area contributed by atoms with Crippen LogP contribution in [0.3, 0.4) is 0 Å². The van der Waals surface area contributed by atoms with E-state index in [9.17, 15) is 22.8 Å². The smallest absolute Gasteiger partial charge is 0.396 e. The molecule has 0 aliphatic heterocycles. The van der Waals surface area contributed by atoms with E-state index in [4.69, 9.17) is 5.73 Å². The molecule has 0 radical (unpaired) electrons. The number of halogens is 3. The van der Waals surface area contributed by atoms with Gasteiger partial charge in [0.25, 0.3) is 5.91 Å². The Hall–Kier alpha value is -3.24. The molecule has 0 saturated heterocycles. The van der Waals surface area contributed by atoms with Crippen molar-refractivity contribution in [3.05, 3.63) is 41.7 Å². The largest absolute Gasteiger partial charge is 0.433 e. The maximum absolute atomic E-state index is 12.8. The average molecular weight is 394 g/mol. The second-order valence-corrected chi connectivity index (χ2v) is 6.48. The molecule has 0 bridgehead atoms. The molecule has 0 spiro atoms. The fourth-order valence-corrected chi connectivity index (χ4v) is 2.49. The van der Waals surface area contributed by atoms with Crippen LogP contribution in [0.4, 0.5) is 24.5 Å². The zero-order chi connectivity index (χ0) is 20.5. The third-order valence-corrected chi connectivity index (χ3v) is 4.16. The Bertz CT molecular complexity index is 897. The number of nitrogen functional groups attached to an aromatic ring is 1. The lowest BCUT2D eigenvalue weighted by atomic mass is 10.1. The quantitative estimate of drug-likeness (QED) is 0.712. The average Bonchev–Trinajstić information content (AvgIpc) is 3.45. The Balaban J connectivity index is 1.75. The van der Waals surface area contributed by atoms with Crippen molar-refractivity contribution >= 4 is 23.2 Å². The summed E-state index contributed by atoms with van der Waals surface area (Å²) in [6.07, 6.45) is 0.252. The van der Waals surface area contributed by atoms with Crippen molar-refractivity contribution in [2.45, 2.75) is 32.0 Å². The van der Waals surface area contributed by atoms with E-state index in [1.165, 1.54) is 12.4 Å². The number of nitrogens with two attached hydrogens (primary N) is 1. The maximum Gasteiger partial charge on any atom is 0.433 e. The van der Waals surface area contributed by atoms with E-state index < -0.39 is 29.7 Å². The summed E-state index contributed by atoms with van der Waals surface area (Å²) in [6, 6.07) is -0.276. The summed E-state index contributed by atoms with van der Waals surface area (Å²) in [4.78, 5) is 36.1. The summed E-state index contributed by atoms with van der Waals surface area (Å²) in [5.74, 6) is -1.38. The number of alkyl halides is 3. The van der Waals surface area contributed by atoms with Crippen molar-refractivity contribution in [1.29, 1.82) is 0 Å². The molecule has 4 N–H and O–H groups in total. The van der Waals surface area contributed by atoms with Crippen LogP contribution in [0.2, 0.25) is 0 Å². The summed E-state index contributed by atoms with van der Waals surface area (Å²) in [6.45, 7) is 1.71. The number of carbonyl (C=O) groups excluding carboxylic acids is 2. The van der Waals surface area contributed by atoms with Gasteiger partial charge in [0.1, 0.15) is 17.4 Å². The van der Waals surface area contributed by atoms with Gasteiger partial charge in [0.15, 0.2) is 0 Å². The van der Waals surface area contributed by atoms with Crippen LogP contribution in [-0.2, 0) is 11.0 Å². The zero-order valence-corrected chi connectivity index (χ0v) is 14.7. The fraction of sp³-hybridized carbons (Fsp3) is 0.353. The van der Waals surface area contributed by atoms with Gasteiger partial charge >= 0.3 is 6.18 Å². The van der Waals surface area contributed by atoms with Gasteiger partial charge in [-0.1, -0.05) is 0 Å². The number of rotatable bonds is 5. The van der Waals surface area contributed by atoms with E-state index in [-0.39, 0.29) is 23.0 Å². The highest BCUT2D eigenvalue weighted by atomic mass is 19.4. The molecule has 1 aliphatic carbocycles. The van der Waals surface area contributed by atoms with Crippen molar-refractivity contribution in [1.82, 2.24) is 20.3 Å². The molecule has 1 fully saturated rings. The minimum Gasteiger partial charge on any atom is -0.396 e. The monoisotopic (exact) mass is 394 g/mol. The molecule has 0 aromatic carbocycles. The van der Waals surface area contributed by atoms with E-state index in [1.54, 1.807) is 6.92 Å². The van der Waals surface area contributed by atoms with Gasteiger partial charge < -0.3 is 16.4 Å². The maximum atomic E-state index is 12.8. The molecular weight excluding hydrogens is 377 g/mol. The van der Waals surface area contributed by atoms with Gasteiger partial charge in [-0.2, -0.15) is 13.2 Å². The van der Waals surface area contributed by atoms with Crippen molar-refractivity contribution in [2.24, 2.45) is 5.92 Å². The third kappa shape index (κ3) is 4.53. The minimum absolute atomic E-state index is 0.0341. The second kappa shape index (κ2) is 7.41. The lowest BCUT2D eigenvalue weighted by Crippen LogP contribution is -2.45. The van der Waals surface area contributed by atoms with Crippen LogP contribution in [0, 0.1) is 12.8 Å². The highest BCUT2D eigenvalue weighted by molar-refractivity contribution is 6.01. The molecule has 148 valence electrons. The Kier molecular flexibility index (Phi) is 5.16. The summed E-state index contributed by atoms with van der Waals surface area (Å²) in [5, 5.41) is 4.92. The van der Waals surface area contributed by atoms with Gasteiger partial charge in [0.2, 0.25) is 5.91 Å². The van der Waals surface area contributed by atoms with Crippen LogP contribution in [0.5, 0.6) is 0 Å². The minimum atomic E-state index is -4.68. The van der Waals surface area contributed by atoms with Crippen LogP contribution in [0.15, 0.2) is 24.7 Å². The molecule has 11 heteroatoms. The van der Waals surface area contributed by atoms with Crippen LogP contribution < -0.4 is 16.4 Å². The highest BCUT2D eigenvalue weighted by Crippen LogP contribution is 2.34. The molecule has 2 aromatic heterocycles. The number of nitrogens with one attached hydrogen (secondary N) is 2. The highest BCUT2D eigenvalue weighted by Gasteiger charge is 2.38. The predicted octanol–water partition coefficient (Wildman–Crippen LogP) is 1.93. The van der Waals surface area contributed by atoms with Gasteiger partial charge in [-0.25, -0.2) is 9.97 Å². The first kappa shape index (κ1) is 19.5. The number of hydrogen-bond donors (Lipinski definition) is 3. The number of hydrogen-bond acceptors (Lipinski definition) is 6. The molecule has 28 heavy (non-hydrogen) atoms. The summed E-state index contributed by atoms with van der Waals surface area (Å²) >= 11 is 0. The number of carbonyl (C=O) groups is 2. The fourth-order valence-electron chi connectivity index (χ4n) is 2.49. The number of amides is 2. The van der Waals surface area contributed by atoms with Crippen molar-refractivity contribution in [2.75, 3.05) is 11.1 Å². The summed E-state index contributed by atoms with van der Waals surface area (Å²) in [7, 11) is 0. The number of aromatic nitrogens is 3. The number of aryl methyl sites for hydroxylation is 1. The summed E-state index contributed by atoms with van der Waals surface area (Å²) in [5.41, 5.74) is 4.77. The van der Waals surface area contributed by atoms with E-state index in [1.807, 2.05) is 0 Å². The van der Waals surface area contributed by atoms with Crippen LogP contribution in [0.1, 0.15) is 34.7 Å². The van der Waals surface area contributed by atoms with Gasteiger partial charge in [-0.05, 0) is 31.7 Å². The SMILES string of the molecule is Cc1cnc(C(=O)N[C@H](C(=O)Nc2cc(C(F)(F)F)ncc2N)C2CC2)cn1. The van der Waals surface area contributed by atoms with Crippen molar-refractivity contribution in [3.63, 3.8) is 0 Å². The number of anilines is 2. The third-order valence-electron chi connectivity index (χ3n) is 4.16. The second-order valence-electron chi connectivity index (χ2n) is 6.48. The van der Waals surface area contributed by atoms with E-state index in [2.05, 4.69) is 25.6 Å². The van der Waals surface area contributed by atoms with Crippen molar-refractivity contribution < 1.29 is 22.8 Å².